The fraction of sp³-hybridized carbons (Fsp3) is 0.533. The van der Waals surface area contributed by atoms with E-state index in [0.717, 1.165) is 12.7 Å². The Kier molecular flexibility index (Phi) is 7.51. The average Bonchev–Trinajstić information content (AvgIpc) is 2.39. The molecule has 0 aliphatic heterocycles. The predicted octanol–water partition coefficient (Wildman–Crippen LogP) is 4.89. The van der Waals surface area contributed by atoms with E-state index < -0.39 is 0 Å². The van der Waals surface area contributed by atoms with Gasteiger partial charge < -0.3 is 4.74 Å². The van der Waals surface area contributed by atoms with Crippen LogP contribution in [-0.4, -0.2) is 12.9 Å². The van der Waals surface area contributed by atoms with Crippen molar-refractivity contribution in [3.8, 4) is 5.75 Å². The Hall–Kier alpha value is -1.02. The highest BCUT2D eigenvalue weighted by Crippen LogP contribution is 2.21. The molecule has 0 saturated heterocycles. The Bertz CT molecular complexity index is 364. The van der Waals surface area contributed by atoms with Crippen molar-refractivity contribution < 1.29 is 9.53 Å². The van der Waals surface area contributed by atoms with Crippen molar-refractivity contribution in [1.29, 1.82) is 0 Å². The fourth-order valence-electron chi connectivity index (χ4n) is 1.81. The molecule has 0 aromatic heterocycles. The summed E-state index contributed by atoms with van der Waals surface area (Å²) in [5.74, 6) is 0.628. The van der Waals surface area contributed by atoms with E-state index in [1.807, 2.05) is 0 Å². The lowest BCUT2D eigenvalue weighted by atomic mass is 10.1. The number of benzene rings is 1. The highest BCUT2D eigenvalue weighted by Gasteiger charge is 2.03. The number of ether oxygens (including phenoxy) is 1. The SMILES string of the molecule is CCCCCCCCOc1ccc(Cl)cc1C=O. The van der Waals surface area contributed by atoms with Gasteiger partial charge in [0.25, 0.3) is 0 Å². The maximum atomic E-state index is 10.8. The zero-order chi connectivity index (χ0) is 13.2. The zero-order valence-corrected chi connectivity index (χ0v) is 11.7. The average molecular weight is 269 g/mol. The van der Waals surface area contributed by atoms with Gasteiger partial charge in [0.15, 0.2) is 6.29 Å². The number of aldehydes is 1. The predicted molar refractivity (Wildman–Crippen MR) is 75.7 cm³/mol. The van der Waals surface area contributed by atoms with Crippen LogP contribution in [0.2, 0.25) is 5.02 Å². The Labute approximate surface area is 114 Å². The van der Waals surface area contributed by atoms with E-state index in [9.17, 15) is 4.79 Å². The third-order valence-electron chi connectivity index (χ3n) is 2.85. The molecule has 0 amide bonds. The molecule has 0 radical (unpaired) electrons. The van der Waals surface area contributed by atoms with Crippen LogP contribution in [0.5, 0.6) is 5.75 Å². The minimum atomic E-state index is 0.522. The van der Waals surface area contributed by atoms with Gasteiger partial charge in [-0.25, -0.2) is 0 Å². The number of carbonyl (C=O) groups excluding carboxylic acids is 1. The minimum Gasteiger partial charge on any atom is -0.493 e. The van der Waals surface area contributed by atoms with Crippen LogP contribution in [0.15, 0.2) is 18.2 Å². The second-order valence-electron chi connectivity index (χ2n) is 4.42. The lowest BCUT2D eigenvalue weighted by Crippen LogP contribution is -2.00. The number of halogens is 1. The number of rotatable bonds is 9. The van der Waals surface area contributed by atoms with E-state index in [1.165, 1.54) is 32.1 Å². The molecule has 0 aliphatic rings. The van der Waals surface area contributed by atoms with Crippen LogP contribution in [0, 0.1) is 0 Å². The van der Waals surface area contributed by atoms with Gasteiger partial charge in [-0.05, 0) is 24.6 Å². The summed E-state index contributed by atoms with van der Waals surface area (Å²) >= 11 is 5.81. The van der Waals surface area contributed by atoms with Gasteiger partial charge in [0, 0.05) is 5.02 Å². The van der Waals surface area contributed by atoms with Crippen LogP contribution in [0.4, 0.5) is 0 Å². The van der Waals surface area contributed by atoms with Crippen LogP contribution in [0.3, 0.4) is 0 Å². The minimum absolute atomic E-state index is 0.522. The quantitative estimate of drug-likeness (QED) is 0.471. The van der Waals surface area contributed by atoms with Crippen LogP contribution in [0.25, 0.3) is 0 Å². The van der Waals surface area contributed by atoms with E-state index in [4.69, 9.17) is 16.3 Å². The van der Waals surface area contributed by atoms with E-state index in [-0.39, 0.29) is 0 Å². The Morgan fingerprint density at radius 1 is 1.17 bits per heavy atom. The van der Waals surface area contributed by atoms with E-state index in [0.29, 0.717) is 22.9 Å². The maximum Gasteiger partial charge on any atom is 0.153 e. The first-order chi connectivity index (χ1) is 8.77. The molecule has 0 N–H and O–H groups in total. The molecular formula is C15H21ClO2. The molecule has 0 spiro atoms. The van der Waals surface area contributed by atoms with Crippen LogP contribution in [-0.2, 0) is 0 Å². The van der Waals surface area contributed by atoms with Gasteiger partial charge in [-0.15, -0.1) is 0 Å². The van der Waals surface area contributed by atoms with Crippen molar-refractivity contribution in [2.75, 3.05) is 6.61 Å². The van der Waals surface area contributed by atoms with Gasteiger partial charge in [-0.3, -0.25) is 4.79 Å². The second-order valence-corrected chi connectivity index (χ2v) is 4.85. The van der Waals surface area contributed by atoms with Crippen molar-refractivity contribution in [3.05, 3.63) is 28.8 Å². The molecule has 18 heavy (non-hydrogen) atoms. The van der Waals surface area contributed by atoms with Gasteiger partial charge >= 0.3 is 0 Å². The van der Waals surface area contributed by atoms with E-state index in [2.05, 4.69) is 6.92 Å². The van der Waals surface area contributed by atoms with E-state index in [1.54, 1.807) is 18.2 Å². The highest BCUT2D eigenvalue weighted by atomic mass is 35.5. The van der Waals surface area contributed by atoms with Gasteiger partial charge in [0.1, 0.15) is 5.75 Å². The first-order valence-electron chi connectivity index (χ1n) is 6.65. The molecule has 3 heteroatoms. The molecule has 100 valence electrons. The fourth-order valence-corrected chi connectivity index (χ4v) is 1.99. The lowest BCUT2D eigenvalue weighted by molar-refractivity contribution is 0.111. The molecule has 1 aromatic rings. The summed E-state index contributed by atoms with van der Waals surface area (Å²) in [5, 5.41) is 0.559. The summed E-state index contributed by atoms with van der Waals surface area (Å²) in [5.41, 5.74) is 0.522. The number of hydrogen-bond donors (Lipinski definition) is 0. The zero-order valence-electron chi connectivity index (χ0n) is 11.0. The molecule has 0 fully saturated rings. The first-order valence-corrected chi connectivity index (χ1v) is 7.03. The molecular weight excluding hydrogens is 248 g/mol. The molecule has 0 bridgehead atoms. The van der Waals surface area contributed by atoms with E-state index >= 15 is 0 Å². The molecule has 0 atom stereocenters. The normalized spacial score (nSPS) is 10.3. The van der Waals surface area contributed by atoms with Crippen molar-refractivity contribution in [3.63, 3.8) is 0 Å². The molecule has 0 unspecified atom stereocenters. The van der Waals surface area contributed by atoms with Gasteiger partial charge in [-0.2, -0.15) is 0 Å². The Morgan fingerprint density at radius 3 is 2.61 bits per heavy atom. The summed E-state index contributed by atoms with van der Waals surface area (Å²) < 4.78 is 5.60. The summed E-state index contributed by atoms with van der Waals surface area (Å²) in [6.07, 6.45) is 8.14. The Morgan fingerprint density at radius 2 is 1.89 bits per heavy atom. The second kappa shape index (κ2) is 8.98. The third kappa shape index (κ3) is 5.54. The van der Waals surface area contributed by atoms with Crippen molar-refractivity contribution in [1.82, 2.24) is 0 Å². The number of carbonyl (C=O) groups is 1. The smallest absolute Gasteiger partial charge is 0.153 e. The summed E-state index contributed by atoms with van der Waals surface area (Å²) in [4.78, 5) is 10.8. The van der Waals surface area contributed by atoms with Crippen molar-refractivity contribution in [2.24, 2.45) is 0 Å². The van der Waals surface area contributed by atoms with Gasteiger partial charge in [-0.1, -0.05) is 50.6 Å². The Balaban J connectivity index is 2.25. The topological polar surface area (TPSA) is 26.3 Å². The molecule has 1 rings (SSSR count). The molecule has 2 nitrogen and oxygen atoms in total. The van der Waals surface area contributed by atoms with Gasteiger partial charge in [0.05, 0.1) is 12.2 Å². The molecule has 0 aliphatic carbocycles. The highest BCUT2D eigenvalue weighted by molar-refractivity contribution is 6.30. The summed E-state index contributed by atoms with van der Waals surface area (Å²) in [6.45, 7) is 2.87. The monoisotopic (exact) mass is 268 g/mol. The summed E-state index contributed by atoms with van der Waals surface area (Å²) in [7, 11) is 0. The standard InChI is InChI=1S/C15H21ClO2/c1-2-3-4-5-6-7-10-18-15-9-8-14(16)11-13(15)12-17/h8-9,11-12H,2-7,10H2,1H3. The third-order valence-corrected chi connectivity index (χ3v) is 3.09. The first kappa shape index (κ1) is 15.0. The lowest BCUT2D eigenvalue weighted by Gasteiger charge is -2.08. The van der Waals surface area contributed by atoms with Crippen molar-refractivity contribution >= 4 is 17.9 Å². The number of hydrogen-bond acceptors (Lipinski definition) is 2. The van der Waals surface area contributed by atoms with Crippen LogP contribution >= 0.6 is 11.6 Å². The number of unbranched alkanes of at least 4 members (excludes halogenated alkanes) is 5. The van der Waals surface area contributed by atoms with Crippen molar-refractivity contribution in [2.45, 2.75) is 45.4 Å². The molecule has 0 saturated carbocycles. The maximum absolute atomic E-state index is 10.8. The van der Waals surface area contributed by atoms with Gasteiger partial charge in [0.2, 0.25) is 0 Å². The largest absolute Gasteiger partial charge is 0.493 e. The molecule has 0 heterocycles. The van der Waals surface area contributed by atoms with Crippen LogP contribution in [0.1, 0.15) is 55.8 Å². The molecule has 1 aromatic carbocycles. The summed E-state index contributed by atoms with van der Waals surface area (Å²) in [6, 6.07) is 5.12. The van der Waals surface area contributed by atoms with Crippen LogP contribution < -0.4 is 4.74 Å².